The van der Waals surface area contributed by atoms with Crippen molar-refractivity contribution in [3.05, 3.63) is 48.4 Å². The number of furan rings is 1. The number of nitrogens with one attached hydrogen (secondary N) is 1. The van der Waals surface area contributed by atoms with Gasteiger partial charge in [-0.3, -0.25) is 4.79 Å². The van der Waals surface area contributed by atoms with Crippen molar-refractivity contribution in [1.29, 1.82) is 0 Å². The van der Waals surface area contributed by atoms with E-state index in [0.717, 1.165) is 0 Å². The lowest BCUT2D eigenvalue weighted by atomic mass is 10.3. The van der Waals surface area contributed by atoms with Crippen LogP contribution in [0.15, 0.2) is 47.1 Å². The molecule has 15 heavy (non-hydrogen) atoms. The Balaban J connectivity index is 2.13. The number of rotatable bonds is 2. The maximum Gasteiger partial charge on any atom is 0.291 e. The molecule has 2 aromatic rings. The van der Waals surface area contributed by atoms with Crippen LogP contribution in [-0.2, 0) is 0 Å². The van der Waals surface area contributed by atoms with E-state index in [1.54, 1.807) is 24.3 Å². The number of carbonyl (C=O) groups excluding carboxylic acids is 1. The van der Waals surface area contributed by atoms with Gasteiger partial charge in [0.15, 0.2) is 5.76 Å². The van der Waals surface area contributed by atoms with Gasteiger partial charge in [0, 0.05) is 11.8 Å². The van der Waals surface area contributed by atoms with E-state index >= 15 is 0 Å². The van der Waals surface area contributed by atoms with Crippen molar-refractivity contribution >= 4 is 11.6 Å². The number of hydrogen-bond donors (Lipinski definition) is 2. The Bertz CT molecular complexity index is 462. The van der Waals surface area contributed by atoms with Crippen molar-refractivity contribution in [1.82, 2.24) is 0 Å². The van der Waals surface area contributed by atoms with E-state index in [9.17, 15) is 9.90 Å². The summed E-state index contributed by atoms with van der Waals surface area (Å²) in [6, 6.07) is 9.52. The molecule has 0 aliphatic heterocycles. The predicted octanol–water partition coefficient (Wildman–Crippen LogP) is 2.24. The number of aromatic hydroxyl groups is 1. The lowest BCUT2D eigenvalue weighted by Gasteiger charge is -2.02. The molecule has 0 aliphatic rings. The van der Waals surface area contributed by atoms with Crippen LogP contribution < -0.4 is 5.32 Å². The summed E-state index contributed by atoms with van der Waals surface area (Å²) in [6.45, 7) is 0. The standard InChI is InChI=1S/C11H9NO3/c13-9-4-1-3-8(7-9)12-11(14)10-5-2-6-15-10/h1-7,13H,(H,12,14). The third-order valence-corrected chi connectivity index (χ3v) is 1.85. The fraction of sp³-hybridized carbons (Fsp3) is 0. The van der Waals surface area contributed by atoms with Gasteiger partial charge in [-0.2, -0.15) is 0 Å². The first-order valence-corrected chi connectivity index (χ1v) is 4.39. The van der Waals surface area contributed by atoms with E-state index in [2.05, 4.69) is 5.32 Å². The minimum atomic E-state index is -0.342. The van der Waals surface area contributed by atoms with Crippen molar-refractivity contribution in [2.45, 2.75) is 0 Å². The summed E-state index contributed by atoms with van der Waals surface area (Å²) in [6.07, 6.45) is 1.43. The fourth-order valence-corrected chi connectivity index (χ4v) is 1.18. The Kier molecular flexibility index (Phi) is 2.41. The molecule has 76 valence electrons. The third-order valence-electron chi connectivity index (χ3n) is 1.85. The number of carbonyl (C=O) groups is 1. The monoisotopic (exact) mass is 203 g/mol. The van der Waals surface area contributed by atoms with Crippen LogP contribution in [0.3, 0.4) is 0 Å². The molecule has 0 saturated carbocycles. The quantitative estimate of drug-likeness (QED) is 0.786. The molecule has 2 N–H and O–H groups in total. The van der Waals surface area contributed by atoms with Gasteiger partial charge in [-0.05, 0) is 24.3 Å². The van der Waals surface area contributed by atoms with Gasteiger partial charge in [-0.15, -0.1) is 0 Å². The minimum absolute atomic E-state index is 0.104. The highest BCUT2D eigenvalue weighted by Crippen LogP contribution is 2.16. The van der Waals surface area contributed by atoms with Gasteiger partial charge in [0.25, 0.3) is 5.91 Å². The first-order chi connectivity index (χ1) is 7.25. The Hall–Kier alpha value is -2.23. The largest absolute Gasteiger partial charge is 0.508 e. The van der Waals surface area contributed by atoms with Gasteiger partial charge in [0.2, 0.25) is 0 Å². The van der Waals surface area contributed by atoms with E-state index in [0.29, 0.717) is 5.69 Å². The number of hydrogen-bond acceptors (Lipinski definition) is 3. The summed E-state index contributed by atoms with van der Waals surface area (Å²) in [4.78, 5) is 11.5. The van der Waals surface area contributed by atoms with Crippen LogP contribution in [0.1, 0.15) is 10.6 Å². The molecule has 2 rings (SSSR count). The summed E-state index contributed by atoms with van der Waals surface area (Å²) in [7, 11) is 0. The zero-order valence-corrected chi connectivity index (χ0v) is 7.81. The van der Waals surface area contributed by atoms with E-state index in [1.807, 2.05) is 0 Å². The summed E-state index contributed by atoms with van der Waals surface area (Å²) >= 11 is 0. The van der Waals surface area contributed by atoms with Crippen molar-refractivity contribution in [2.24, 2.45) is 0 Å². The second kappa shape index (κ2) is 3.88. The molecule has 1 aromatic carbocycles. The number of benzene rings is 1. The molecule has 4 heteroatoms. The highest BCUT2D eigenvalue weighted by atomic mass is 16.3. The van der Waals surface area contributed by atoms with Crippen molar-refractivity contribution in [3.8, 4) is 5.75 Å². The number of phenolic OH excluding ortho intramolecular Hbond substituents is 1. The molecule has 0 bridgehead atoms. The van der Waals surface area contributed by atoms with Gasteiger partial charge in [0.05, 0.1) is 6.26 Å². The van der Waals surface area contributed by atoms with Crippen LogP contribution in [0.4, 0.5) is 5.69 Å². The smallest absolute Gasteiger partial charge is 0.291 e. The minimum Gasteiger partial charge on any atom is -0.508 e. The van der Waals surface area contributed by atoms with Gasteiger partial charge in [-0.25, -0.2) is 0 Å². The van der Waals surface area contributed by atoms with Gasteiger partial charge in [-0.1, -0.05) is 6.07 Å². The molecule has 0 unspecified atom stereocenters. The van der Waals surface area contributed by atoms with Crippen molar-refractivity contribution in [3.63, 3.8) is 0 Å². The van der Waals surface area contributed by atoms with Gasteiger partial charge in [0.1, 0.15) is 5.75 Å². The Morgan fingerprint density at radius 2 is 2.13 bits per heavy atom. The molecular weight excluding hydrogens is 194 g/mol. The van der Waals surface area contributed by atoms with E-state index in [4.69, 9.17) is 4.42 Å². The number of amides is 1. The normalized spacial score (nSPS) is 9.87. The Morgan fingerprint density at radius 3 is 2.80 bits per heavy atom. The van der Waals surface area contributed by atoms with E-state index in [1.165, 1.54) is 18.4 Å². The lowest BCUT2D eigenvalue weighted by molar-refractivity contribution is 0.0996. The maximum absolute atomic E-state index is 11.5. The Labute approximate surface area is 86.2 Å². The van der Waals surface area contributed by atoms with Crippen LogP contribution >= 0.6 is 0 Å². The van der Waals surface area contributed by atoms with Crippen molar-refractivity contribution in [2.75, 3.05) is 5.32 Å². The highest BCUT2D eigenvalue weighted by Gasteiger charge is 2.08. The SMILES string of the molecule is O=C(Nc1cccc(O)c1)c1ccco1. The van der Waals surface area contributed by atoms with Crippen LogP contribution in [0.25, 0.3) is 0 Å². The molecule has 1 heterocycles. The third kappa shape index (κ3) is 2.17. The molecule has 0 aliphatic carbocycles. The van der Waals surface area contributed by atoms with Crippen LogP contribution in [0.5, 0.6) is 5.75 Å². The average molecular weight is 203 g/mol. The maximum atomic E-state index is 11.5. The molecule has 0 fully saturated rings. The molecular formula is C11H9NO3. The summed E-state index contributed by atoms with van der Waals surface area (Å²) < 4.78 is 4.92. The second-order valence-corrected chi connectivity index (χ2v) is 2.98. The van der Waals surface area contributed by atoms with E-state index < -0.39 is 0 Å². The molecule has 0 spiro atoms. The summed E-state index contributed by atoms with van der Waals surface area (Å²) in [5, 5.41) is 11.8. The van der Waals surface area contributed by atoms with Crippen LogP contribution in [0.2, 0.25) is 0 Å². The predicted molar refractivity (Wildman–Crippen MR) is 54.8 cm³/mol. The van der Waals surface area contributed by atoms with E-state index in [-0.39, 0.29) is 17.4 Å². The lowest BCUT2D eigenvalue weighted by Crippen LogP contribution is -2.10. The average Bonchev–Trinajstić information content (AvgIpc) is 2.70. The molecule has 1 aromatic heterocycles. The molecule has 1 amide bonds. The topological polar surface area (TPSA) is 62.5 Å². The molecule has 4 nitrogen and oxygen atoms in total. The van der Waals surface area contributed by atoms with Crippen LogP contribution in [-0.4, -0.2) is 11.0 Å². The van der Waals surface area contributed by atoms with Gasteiger partial charge < -0.3 is 14.8 Å². The second-order valence-electron chi connectivity index (χ2n) is 2.98. The van der Waals surface area contributed by atoms with Crippen molar-refractivity contribution < 1.29 is 14.3 Å². The first-order valence-electron chi connectivity index (χ1n) is 4.39. The number of anilines is 1. The molecule has 0 saturated heterocycles. The fourth-order valence-electron chi connectivity index (χ4n) is 1.18. The highest BCUT2D eigenvalue weighted by molar-refractivity contribution is 6.02. The zero-order chi connectivity index (χ0) is 10.7. The first kappa shape index (κ1) is 9.33. The van der Waals surface area contributed by atoms with Gasteiger partial charge >= 0.3 is 0 Å². The van der Waals surface area contributed by atoms with Crippen LogP contribution in [0, 0.1) is 0 Å². The number of phenols is 1. The summed E-state index contributed by atoms with van der Waals surface area (Å²) in [5.74, 6) is -0.00353. The summed E-state index contributed by atoms with van der Waals surface area (Å²) in [5.41, 5.74) is 0.524. The zero-order valence-electron chi connectivity index (χ0n) is 7.81. The Morgan fingerprint density at radius 1 is 1.27 bits per heavy atom. The molecule has 0 atom stereocenters. The molecule has 0 radical (unpaired) electrons.